The summed E-state index contributed by atoms with van der Waals surface area (Å²) in [6.07, 6.45) is 2.28. The zero-order valence-electron chi connectivity index (χ0n) is 12.6. The first-order valence-electron chi connectivity index (χ1n) is 7.27. The molecule has 1 unspecified atom stereocenters. The summed E-state index contributed by atoms with van der Waals surface area (Å²) in [6.45, 7) is 2.01. The molecule has 3 rings (SSSR count). The Morgan fingerprint density at radius 3 is 2.64 bits per heavy atom. The van der Waals surface area contributed by atoms with Gasteiger partial charge in [0.05, 0.1) is 6.04 Å². The first kappa shape index (κ1) is 15.0. The first-order valence-corrected chi connectivity index (χ1v) is 7.65. The van der Waals surface area contributed by atoms with Crippen LogP contribution in [0.4, 0.5) is 0 Å². The van der Waals surface area contributed by atoms with Gasteiger partial charge in [0.15, 0.2) is 5.82 Å². The van der Waals surface area contributed by atoms with Gasteiger partial charge in [-0.3, -0.25) is 4.79 Å². The first-order chi connectivity index (χ1) is 10.5. The number of hydrogen-bond acceptors (Lipinski definition) is 4. The molecule has 0 saturated heterocycles. The molecule has 1 aliphatic rings. The Balaban J connectivity index is 1.68. The average molecular weight is 320 g/mol. The third-order valence-electron chi connectivity index (χ3n) is 4.49. The number of hydrogen-bond donors (Lipinski definition) is 1. The lowest BCUT2D eigenvalue weighted by Gasteiger charge is -2.27. The van der Waals surface area contributed by atoms with Crippen LogP contribution in [0, 0.1) is 0 Å². The summed E-state index contributed by atoms with van der Waals surface area (Å²) < 4.78 is 0. The quantitative estimate of drug-likeness (QED) is 0.918. The summed E-state index contributed by atoms with van der Waals surface area (Å²) in [5.74, 6) is 0.734. The highest BCUT2D eigenvalue weighted by atomic mass is 35.5. The van der Waals surface area contributed by atoms with Crippen LogP contribution in [-0.2, 0) is 10.2 Å². The van der Waals surface area contributed by atoms with E-state index in [1.165, 1.54) is 0 Å². The molecule has 1 heterocycles. The van der Waals surface area contributed by atoms with Gasteiger partial charge in [0, 0.05) is 23.9 Å². The molecular formula is C15H18ClN5O. The molecule has 1 fully saturated rings. The van der Waals surface area contributed by atoms with Crippen LogP contribution in [0.3, 0.4) is 0 Å². The van der Waals surface area contributed by atoms with E-state index in [1.807, 2.05) is 38.2 Å². The molecule has 1 aromatic carbocycles. The third-order valence-corrected chi connectivity index (χ3v) is 4.74. The van der Waals surface area contributed by atoms with Gasteiger partial charge in [0.1, 0.15) is 0 Å². The second-order valence-electron chi connectivity index (χ2n) is 5.92. The fourth-order valence-corrected chi connectivity index (χ4v) is 2.74. The number of rotatable bonds is 5. The van der Waals surface area contributed by atoms with Gasteiger partial charge in [-0.2, -0.15) is 5.21 Å². The number of nitrogens with zero attached hydrogens (tertiary/aromatic N) is 4. The molecule has 0 radical (unpaired) electrons. The van der Waals surface area contributed by atoms with Crippen LogP contribution in [0.1, 0.15) is 43.6 Å². The maximum atomic E-state index is 12.6. The van der Waals surface area contributed by atoms with Crippen molar-refractivity contribution in [1.82, 2.24) is 25.5 Å². The predicted molar refractivity (Wildman–Crippen MR) is 82.3 cm³/mol. The Bertz CT molecular complexity index is 651. The Morgan fingerprint density at radius 1 is 1.41 bits per heavy atom. The SMILES string of the molecule is CC(c1ccc(Cl)cc1)N(C)C(=O)CC1(c2nn[nH]n2)CC1. The molecule has 1 N–H and O–H groups in total. The standard InChI is InChI=1S/C15H18ClN5O/c1-10(11-3-5-12(16)6-4-11)21(2)13(22)9-15(7-8-15)14-17-19-20-18-14/h3-6,10H,7-9H2,1-2H3,(H,17,18,19,20). The largest absolute Gasteiger partial charge is 0.339 e. The Morgan fingerprint density at radius 2 is 2.09 bits per heavy atom. The van der Waals surface area contributed by atoms with Crippen molar-refractivity contribution in [3.63, 3.8) is 0 Å². The zero-order valence-corrected chi connectivity index (χ0v) is 13.3. The van der Waals surface area contributed by atoms with E-state index in [1.54, 1.807) is 4.90 Å². The summed E-state index contributed by atoms with van der Waals surface area (Å²) in [6, 6.07) is 7.57. The van der Waals surface area contributed by atoms with E-state index in [0.717, 1.165) is 18.4 Å². The van der Waals surface area contributed by atoms with E-state index >= 15 is 0 Å². The monoisotopic (exact) mass is 319 g/mol. The zero-order chi connectivity index (χ0) is 15.7. The van der Waals surface area contributed by atoms with Gasteiger partial charge in [0.2, 0.25) is 5.91 Å². The molecule has 0 aliphatic heterocycles. The topological polar surface area (TPSA) is 74.8 Å². The second kappa shape index (κ2) is 5.68. The lowest BCUT2D eigenvalue weighted by Crippen LogP contribution is -2.32. The minimum Gasteiger partial charge on any atom is -0.339 e. The van der Waals surface area contributed by atoms with E-state index in [4.69, 9.17) is 11.6 Å². The highest BCUT2D eigenvalue weighted by Gasteiger charge is 2.50. The molecule has 116 valence electrons. The van der Waals surface area contributed by atoms with Gasteiger partial charge in [-0.15, -0.1) is 10.2 Å². The molecule has 0 bridgehead atoms. The van der Waals surface area contributed by atoms with Crippen LogP contribution in [0.15, 0.2) is 24.3 Å². The van der Waals surface area contributed by atoms with Crippen molar-refractivity contribution in [3.8, 4) is 0 Å². The number of amides is 1. The fourth-order valence-electron chi connectivity index (χ4n) is 2.61. The number of aromatic nitrogens is 4. The molecule has 6 nitrogen and oxygen atoms in total. The van der Waals surface area contributed by atoms with Crippen molar-refractivity contribution in [1.29, 1.82) is 0 Å². The summed E-state index contributed by atoms with van der Waals surface area (Å²) in [5, 5.41) is 14.8. The van der Waals surface area contributed by atoms with Gasteiger partial charge in [-0.25, -0.2) is 0 Å². The third kappa shape index (κ3) is 2.83. The number of H-pyrrole nitrogens is 1. The van der Waals surface area contributed by atoms with Crippen LogP contribution in [0.2, 0.25) is 5.02 Å². The highest BCUT2D eigenvalue weighted by Crippen LogP contribution is 2.49. The molecule has 22 heavy (non-hydrogen) atoms. The van der Waals surface area contributed by atoms with Crippen molar-refractivity contribution < 1.29 is 4.79 Å². The number of carbonyl (C=O) groups excluding carboxylic acids is 1. The van der Waals surface area contributed by atoms with Gasteiger partial charge in [-0.1, -0.05) is 28.9 Å². The van der Waals surface area contributed by atoms with Gasteiger partial charge < -0.3 is 4.90 Å². The van der Waals surface area contributed by atoms with Crippen LogP contribution in [-0.4, -0.2) is 38.5 Å². The minimum absolute atomic E-state index is 0.00849. The van der Waals surface area contributed by atoms with Crippen LogP contribution >= 0.6 is 11.6 Å². The van der Waals surface area contributed by atoms with Crippen molar-refractivity contribution in [2.75, 3.05) is 7.05 Å². The van der Waals surface area contributed by atoms with Crippen molar-refractivity contribution in [3.05, 3.63) is 40.7 Å². The van der Waals surface area contributed by atoms with Crippen molar-refractivity contribution >= 4 is 17.5 Å². The molecule has 1 atom stereocenters. The van der Waals surface area contributed by atoms with Gasteiger partial charge >= 0.3 is 0 Å². The Labute approximate surface area is 133 Å². The van der Waals surface area contributed by atoms with Crippen LogP contribution in [0.25, 0.3) is 0 Å². The molecule has 1 amide bonds. The molecule has 1 saturated carbocycles. The maximum absolute atomic E-state index is 12.6. The summed E-state index contributed by atoms with van der Waals surface area (Å²) in [4.78, 5) is 14.4. The number of nitrogens with one attached hydrogen (secondary N) is 1. The van der Waals surface area contributed by atoms with Crippen molar-refractivity contribution in [2.45, 2.75) is 37.6 Å². The normalized spacial score (nSPS) is 17.0. The van der Waals surface area contributed by atoms with Crippen LogP contribution < -0.4 is 0 Å². The van der Waals surface area contributed by atoms with E-state index in [2.05, 4.69) is 20.6 Å². The number of aromatic amines is 1. The Hall–Kier alpha value is -1.95. The number of carbonyl (C=O) groups is 1. The molecule has 1 aliphatic carbocycles. The maximum Gasteiger partial charge on any atom is 0.223 e. The highest BCUT2D eigenvalue weighted by molar-refractivity contribution is 6.30. The molecule has 7 heteroatoms. The molecule has 0 spiro atoms. The summed E-state index contributed by atoms with van der Waals surface area (Å²) in [7, 11) is 1.83. The van der Waals surface area contributed by atoms with E-state index in [-0.39, 0.29) is 17.4 Å². The van der Waals surface area contributed by atoms with E-state index in [0.29, 0.717) is 17.3 Å². The fraction of sp³-hybridized carbons (Fsp3) is 0.467. The summed E-state index contributed by atoms with van der Waals surface area (Å²) in [5.41, 5.74) is 0.836. The van der Waals surface area contributed by atoms with Gasteiger partial charge in [-0.05, 0) is 37.5 Å². The van der Waals surface area contributed by atoms with Gasteiger partial charge in [0.25, 0.3) is 0 Å². The number of benzene rings is 1. The Kier molecular flexibility index (Phi) is 3.87. The smallest absolute Gasteiger partial charge is 0.223 e. The number of halogens is 1. The lowest BCUT2D eigenvalue weighted by molar-refractivity contribution is -0.132. The van der Waals surface area contributed by atoms with Crippen molar-refractivity contribution in [2.24, 2.45) is 0 Å². The van der Waals surface area contributed by atoms with E-state index in [9.17, 15) is 4.79 Å². The van der Waals surface area contributed by atoms with Crippen LogP contribution in [0.5, 0.6) is 0 Å². The summed E-state index contributed by atoms with van der Waals surface area (Å²) >= 11 is 5.91. The molecule has 1 aromatic heterocycles. The number of tetrazole rings is 1. The molecular weight excluding hydrogens is 302 g/mol. The predicted octanol–water partition coefficient (Wildman–Crippen LogP) is 2.49. The average Bonchev–Trinajstić information content (AvgIpc) is 3.08. The minimum atomic E-state index is -0.224. The second-order valence-corrected chi connectivity index (χ2v) is 6.36. The molecule has 2 aromatic rings. The lowest BCUT2D eigenvalue weighted by atomic mass is 9.99. The van der Waals surface area contributed by atoms with E-state index < -0.39 is 0 Å².